The number of aliphatic hydroxyl groups excluding tert-OH is 1. The molecular weight excluding hydrogens is 295 g/mol. The van der Waals surface area contributed by atoms with Crippen LogP contribution in [0.2, 0.25) is 0 Å². The molecular formula is C15H11FO4S. The number of thiophene rings is 1. The second kappa shape index (κ2) is 6.32. The molecule has 0 amide bonds. The van der Waals surface area contributed by atoms with Crippen LogP contribution in [0.5, 0.6) is 0 Å². The second-order valence-electron chi connectivity index (χ2n) is 4.26. The van der Waals surface area contributed by atoms with E-state index in [0.29, 0.717) is 22.9 Å². The number of hydrogen-bond acceptors (Lipinski definition) is 4. The van der Waals surface area contributed by atoms with Gasteiger partial charge in [-0.05, 0) is 29.1 Å². The molecule has 0 spiro atoms. The molecule has 0 radical (unpaired) electrons. The zero-order valence-electron chi connectivity index (χ0n) is 10.7. The molecule has 0 fully saturated rings. The summed E-state index contributed by atoms with van der Waals surface area (Å²) in [6.07, 6.45) is 1.05. The van der Waals surface area contributed by atoms with Gasteiger partial charge in [-0.15, -0.1) is 11.3 Å². The SMILES string of the molecule is O=C(O)C(=O)C=C(O)c1ccsc1Cc1cccc(F)c1. The van der Waals surface area contributed by atoms with Crippen LogP contribution in [0.3, 0.4) is 0 Å². The van der Waals surface area contributed by atoms with Crippen molar-refractivity contribution in [1.82, 2.24) is 0 Å². The summed E-state index contributed by atoms with van der Waals surface area (Å²) in [5.74, 6) is -3.60. The molecule has 0 aliphatic rings. The third-order valence-corrected chi connectivity index (χ3v) is 3.67. The largest absolute Gasteiger partial charge is 0.507 e. The highest BCUT2D eigenvalue weighted by molar-refractivity contribution is 7.10. The lowest BCUT2D eigenvalue weighted by Crippen LogP contribution is -2.09. The van der Waals surface area contributed by atoms with Crippen molar-refractivity contribution in [2.45, 2.75) is 6.42 Å². The van der Waals surface area contributed by atoms with Gasteiger partial charge in [0.25, 0.3) is 5.78 Å². The van der Waals surface area contributed by atoms with Crippen LogP contribution in [0.25, 0.3) is 5.76 Å². The van der Waals surface area contributed by atoms with E-state index in [-0.39, 0.29) is 5.82 Å². The highest BCUT2D eigenvalue weighted by Gasteiger charge is 2.14. The normalized spacial score (nSPS) is 11.4. The molecule has 108 valence electrons. The summed E-state index contributed by atoms with van der Waals surface area (Å²) in [5.41, 5.74) is 1.09. The Kier molecular flexibility index (Phi) is 4.49. The molecule has 0 unspecified atom stereocenters. The van der Waals surface area contributed by atoms with Gasteiger partial charge in [0.1, 0.15) is 11.6 Å². The molecule has 0 atom stereocenters. The minimum absolute atomic E-state index is 0.355. The number of rotatable bonds is 5. The van der Waals surface area contributed by atoms with Crippen molar-refractivity contribution in [1.29, 1.82) is 0 Å². The highest BCUT2D eigenvalue weighted by Crippen LogP contribution is 2.26. The first-order valence-electron chi connectivity index (χ1n) is 5.96. The molecule has 0 aliphatic carbocycles. The van der Waals surface area contributed by atoms with Gasteiger partial charge in [-0.25, -0.2) is 9.18 Å². The fraction of sp³-hybridized carbons (Fsp3) is 0.0667. The average molecular weight is 306 g/mol. The van der Waals surface area contributed by atoms with Crippen molar-refractivity contribution in [3.8, 4) is 0 Å². The topological polar surface area (TPSA) is 74.6 Å². The van der Waals surface area contributed by atoms with Gasteiger partial charge in [0.2, 0.25) is 0 Å². The molecule has 0 saturated carbocycles. The lowest BCUT2D eigenvalue weighted by molar-refractivity contribution is -0.146. The van der Waals surface area contributed by atoms with E-state index in [1.165, 1.54) is 23.5 Å². The van der Waals surface area contributed by atoms with E-state index in [2.05, 4.69) is 0 Å². The quantitative estimate of drug-likeness (QED) is 0.506. The van der Waals surface area contributed by atoms with Crippen LogP contribution in [0.1, 0.15) is 16.0 Å². The Hall–Kier alpha value is -2.47. The Balaban J connectivity index is 2.26. The van der Waals surface area contributed by atoms with Crippen molar-refractivity contribution >= 4 is 28.8 Å². The predicted molar refractivity (Wildman–Crippen MR) is 76.8 cm³/mol. The Labute approximate surface area is 123 Å². The third kappa shape index (κ3) is 3.76. The molecule has 6 heteroatoms. The second-order valence-corrected chi connectivity index (χ2v) is 5.26. The molecule has 21 heavy (non-hydrogen) atoms. The Bertz CT molecular complexity index is 718. The summed E-state index contributed by atoms with van der Waals surface area (Å²) in [6.45, 7) is 0. The van der Waals surface area contributed by atoms with Crippen LogP contribution in [-0.4, -0.2) is 22.0 Å². The number of carboxylic acid groups (broad SMARTS) is 1. The molecule has 1 aromatic carbocycles. The first-order chi connectivity index (χ1) is 9.97. The maximum absolute atomic E-state index is 13.1. The van der Waals surface area contributed by atoms with Gasteiger partial charge in [-0.1, -0.05) is 12.1 Å². The van der Waals surface area contributed by atoms with Gasteiger partial charge in [-0.2, -0.15) is 0 Å². The number of carbonyl (C=O) groups excluding carboxylic acids is 1. The Morgan fingerprint density at radius 1 is 1.24 bits per heavy atom. The molecule has 1 aromatic heterocycles. The van der Waals surface area contributed by atoms with Crippen molar-refractivity contribution < 1.29 is 24.2 Å². The van der Waals surface area contributed by atoms with Crippen molar-refractivity contribution in [3.05, 3.63) is 63.6 Å². The number of aliphatic hydroxyl groups is 1. The molecule has 2 N–H and O–H groups in total. The summed E-state index contributed by atoms with van der Waals surface area (Å²) in [7, 11) is 0. The molecule has 2 rings (SSSR count). The van der Waals surface area contributed by atoms with Gasteiger partial charge in [-0.3, -0.25) is 4.79 Å². The van der Waals surface area contributed by atoms with E-state index in [4.69, 9.17) is 5.11 Å². The summed E-state index contributed by atoms with van der Waals surface area (Å²) in [4.78, 5) is 22.3. The van der Waals surface area contributed by atoms with E-state index in [1.54, 1.807) is 23.6 Å². The van der Waals surface area contributed by atoms with Crippen LogP contribution < -0.4 is 0 Å². The Morgan fingerprint density at radius 3 is 2.67 bits per heavy atom. The summed E-state index contributed by atoms with van der Waals surface area (Å²) in [6, 6.07) is 7.63. The monoisotopic (exact) mass is 306 g/mol. The number of carboxylic acids is 1. The lowest BCUT2D eigenvalue weighted by Gasteiger charge is -2.04. The fourth-order valence-corrected chi connectivity index (χ4v) is 2.72. The maximum atomic E-state index is 13.1. The predicted octanol–water partition coefficient (Wildman–Crippen LogP) is 3.03. The van der Waals surface area contributed by atoms with Crippen LogP contribution in [0, 0.1) is 5.82 Å². The van der Waals surface area contributed by atoms with Crippen molar-refractivity contribution in [2.24, 2.45) is 0 Å². The maximum Gasteiger partial charge on any atom is 0.376 e. The first-order valence-corrected chi connectivity index (χ1v) is 6.84. The van der Waals surface area contributed by atoms with Gasteiger partial charge < -0.3 is 10.2 Å². The molecule has 2 aromatic rings. The van der Waals surface area contributed by atoms with E-state index in [1.807, 2.05) is 0 Å². The van der Waals surface area contributed by atoms with Crippen LogP contribution in [0.4, 0.5) is 4.39 Å². The standard InChI is InChI=1S/C15H11FO4S/c16-10-3-1-2-9(6-10)7-14-11(4-5-21-14)12(17)8-13(18)15(19)20/h1-6,8,17H,7H2,(H,19,20). The van der Waals surface area contributed by atoms with Gasteiger partial charge in [0.15, 0.2) is 0 Å². The number of benzene rings is 1. The molecule has 0 aliphatic heterocycles. The fourth-order valence-electron chi connectivity index (χ4n) is 1.80. The number of carbonyl (C=O) groups is 2. The minimum Gasteiger partial charge on any atom is -0.507 e. The van der Waals surface area contributed by atoms with E-state index < -0.39 is 17.5 Å². The summed E-state index contributed by atoms with van der Waals surface area (Å²) >= 11 is 1.33. The van der Waals surface area contributed by atoms with Gasteiger partial charge >= 0.3 is 5.97 Å². The zero-order valence-corrected chi connectivity index (χ0v) is 11.6. The molecule has 0 saturated heterocycles. The lowest BCUT2D eigenvalue weighted by atomic mass is 10.1. The molecule has 1 heterocycles. The smallest absolute Gasteiger partial charge is 0.376 e. The van der Waals surface area contributed by atoms with Crippen molar-refractivity contribution in [2.75, 3.05) is 0 Å². The zero-order chi connectivity index (χ0) is 15.4. The van der Waals surface area contributed by atoms with Gasteiger partial charge in [0, 0.05) is 22.9 Å². The number of halogens is 1. The van der Waals surface area contributed by atoms with Crippen LogP contribution in [0.15, 0.2) is 41.8 Å². The van der Waals surface area contributed by atoms with E-state index >= 15 is 0 Å². The van der Waals surface area contributed by atoms with E-state index in [0.717, 1.165) is 5.56 Å². The highest BCUT2D eigenvalue weighted by atomic mass is 32.1. The molecule has 4 nitrogen and oxygen atoms in total. The summed E-state index contributed by atoms with van der Waals surface area (Å²) in [5, 5.41) is 20.1. The summed E-state index contributed by atoms with van der Waals surface area (Å²) < 4.78 is 13.1. The van der Waals surface area contributed by atoms with Crippen molar-refractivity contribution in [3.63, 3.8) is 0 Å². The Morgan fingerprint density at radius 2 is 2.00 bits per heavy atom. The molecule has 0 bridgehead atoms. The first kappa shape index (κ1) is 14.9. The van der Waals surface area contributed by atoms with E-state index in [9.17, 15) is 19.1 Å². The number of aliphatic carboxylic acids is 1. The van der Waals surface area contributed by atoms with Crippen LogP contribution in [-0.2, 0) is 16.0 Å². The van der Waals surface area contributed by atoms with Gasteiger partial charge in [0.05, 0.1) is 0 Å². The minimum atomic E-state index is -1.64. The third-order valence-electron chi connectivity index (χ3n) is 2.75. The number of ketones is 1. The average Bonchev–Trinajstić information content (AvgIpc) is 2.86. The van der Waals surface area contributed by atoms with Crippen LogP contribution >= 0.6 is 11.3 Å². The number of hydrogen-bond donors (Lipinski definition) is 2.